The van der Waals surface area contributed by atoms with E-state index in [-0.39, 0.29) is 11.4 Å². The van der Waals surface area contributed by atoms with Crippen molar-refractivity contribution < 1.29 is 4.79 Å². The van der Waals surface area contributed by atoms with Crippen molar-refractivity contribution in [1.82, 2.24) is 19.7 Å². The monoisotopic (exact) mass is 252 g/mol. The largest absolute Gasteiger partial charge is 0.382 e. The second-order valence-electron chi connectivity index (χ2n) is 3.91. The van der Waals surface area contributed by atoms with E-state index in [9.17, 15) is 4.79 Å². The molecule has 0 aliphatic heterocycles. The average Bonchev–Trinajstić information content (AvgIpc) is 3.03. The molecule has 7 heteroatoms. The number of fused-ring (bicyclic) bond motifs is 1. The first-order chi connectivity index (χ1) is 9.20. The maximum atomic E-state index is 12.2. The van der Waals surface area contributed by atoms with Gasteiger partial charge in [-0.15, -0.1) is 0 Å². The van der Waals surface area contributed by atoms with E-state index in [1.807, 2.05) is 6.07 Å². The van der Waals surface area contributed by atoms with Crippen molar-refractivity contribution in [1.29, 1.82) is 5.26 Å². The van der Waals surface area contributed by atoms with E-state index >= 15 is 0 Å². The molecule has 0 radical (unpaired) electrons. The number of hydrogen-bond donors (Lipinski definition) is 2. The van der Waals surface area contributed by atoms with Crippen LogP contribution in [-0.4, -0.2) is 25.7 Å². The van der Waals surface area contributed by atoms with Gasteiger partial charge in [-0.25, -0.2) is 4.98 Å². The number of nitrogens with one attached hydrogen (secondary N) is 1. The van der Waals surface area contributed by atoms with Crippen molar-refractivity contribution in [3.05, 3.63) is 41.9 Å². The zero-order valence-corrected chi connectivity index (χ0v) is 9.66. The highest BCUT2D eigenvalue weighted by Gasteiger charge is 2.16. The minimum atomic E-state index is -0.393. The van der Waals surface area contributed by atoms with Crippen molar-refractivity contribution >= 4 is 22.8 Å². The van der Waals surface area contributed by atoms with Crippen LogP contribution in [0.5, 0.6) is 0 Å². The summed E-state index contributed by atoms with van der Waals surface area (Å²) < 4.78 is 1.01. The Labute approximate surface area is 107 Å². The molecule has 0 aliphatic carbocycles. The number of aromatic nitrogens is 4. The van der Waals surface area contributed by atoms with Crippen LogP contribution in [-0.2, 0) is 0 Å². The van der Waals surface area contributed by atoms with Gasteiger partial charge in [0.2, 0.25) is 0 Å². The molecule has 3 aromatic rings. The van der Waals surface area contributed by atoms with Gasteiger partial charge in [0.1, 0.15) is 17.5 Å². The Morgan fingerprint density at radius 1 is 1.47 bits per heavy atom. The predicted molar refractivity (Wildman–Crippen MR) is 67.2 cm³/mol. The van der Waals surface area contributed by atoms with Crippen LogP contribution >= 0.6 is 0 Å². The number of carbonyl (C=O) groups is 1. The van der Waals surface area contributed by atoms with Gasteiger partial charge in [0.25, 0.3) is 5.91 Å². The summed E-state index contributed by atoms with van der Waals surface area (Å²) in [5.74, 6) is -0.354. The Kier molecular flexibility index (Phi) is 2.29. The molecule has 0 saturated heterocycles. The van der Waals surface area contributed by atoms with Gasteiger partial charge in [-0.05, 0) is 18.2 Å². The van der Waals surface area contributed by atoms with E-state index in [1.165, 1.54) is 6.20 Å². The van der Waals surface area contributed by atoms with E-state index in [0.29, 0.717) is 5.56 Å². The van der Waals surface area contributed by atoms with Gasteiger partial charge >= 0.3 is 0 Å². The number of hydrogen-bond acceptors (Lipinski definition) is 5. The van der Waals surface area contributed by atoms with Gasteiger partial charge in [0.05, 0.1) is 23.6 Å². The summed E-state index contributed by atoms with van der Waals surface area (Å²) in [6, 6.07) is 6.90. The standard InChI is InChI=1S/C12H8N6O/c13-4-8-5-17-18(11(8)14)12(19)7-1-2-9-10(3-7)16-6-15-9/h1-3,5-6H,14H2,(H,15,16). The summed E-state index contributed by atoms with van der Waals surface area (Å²) in [4.78, 5) is 19.2. The van der Waals surface area contributed by atoms with Crippen LogP contribution in [0.3, 0.4) is 0 Å². The Bertz CT molecular complexity index is 822. The molecule has 0 spiro atoms. The van der Waals surface area contributed by atoms with E-state index in [1.54, 1.807) is 24.5 Å². The lowest BCUT2D eigenvalue weighted by atomic mass is 10.2. The van der Waals surface area contributed by atoms with Gasteiger partial charge < -0.3 is 10.7 Å². The van der Waals surface area contributed by atoms with Gasteiger partial charge in [-0.1, -0.05) is 0 Å². The molecular weight excluding hydrogens is 244 g/mol. The lowest BCUT2D eigenvalue weighted by molar-refractivity contribution is 0.0948. The van der Waals surface area contributed by atoms with Crippen LogP contribution in [0.1, 0.15) is 15.9 Å². The van der Waals surface area contributed by atoms with E-state index < -0.39 is 5.91 Å². The first-order valence-corrected chi connectivity index (χ1v) is 5.42. The van der Waals surface area contributed by atoms with E-state index in [2.05, 4.69) is 15.1 Å². The van der Waals surface area contributed by atoms with E-state index in [4.69, 9.17) is 11.0 Å². The zero-order valence-electron chi connectivity index (χ0n) is 9.66. The highest BCUT2D eigenvalue weighted by molar-refractivity contribution is 5.99. The number of nitrogen functional groups attached to an aromatic ring is 1. The Hall–Kier alpha value is -3.14. The fourth-order valence-electron chi connectivity index (χ4n) is 1.80. The smallest absolute Gasteiger partial charge is 0.280 e. The third kappa shape index (κ3) is 1.63. The van der Waals surface area contributed by atoms with Crippen molar-refractivity contribution in [2.75, 3.05) is 5.73 Å². The van der Waals surface area contributed by atoms with Gasteiger partial charge in [-0.2, -0.15) is 15.0 Å². The summed E-state index contributed by atoms with van der Waals surface area (Å²) in [6.07, 6.45) is 2.82. The second-order valence-corrected chi connectivity index (χ2v) is 3.91. The van der Waals surface area contributed by atoms with Crippen LogP contribution in [0, 0.1) is 11.3 Å². The van der Waals surface area contributed by atoms with Gasteiger partial charge in [0.15, 0.2) is 0 Å². The molecule has 2 heterocycles. The molecule has 0 aliphatic rings. The molecule has 19 heavy (non-hydrogen) atoms. The lowest BCUT2D eigenvalue weighted by Gasteiger charge is -2.02. The molecule has 92 valence electrons. The topological polar surface area (TPSA) is 113 Å². The number of carbonyl (C=O) groups excluding carboxylic acids is 1. The first-order valence-electron chi connectivity index (χ1n) is 5.42. The third-order valence-electron chi connectivity index (χ3n) is 2.79. The molecule has 0 unspecified atom stereocenters. The molecular formula is C12H8N6O. The Morgan fingerprint density at radius 3 is 3.05 bits per heavy atom. The maximum absolute atomic E-state index is 12.2. The van der Waals surface area contributed by atoms with Crippen LogP contribution in [0.25, 0.3) is 11.0 Å². The van der Waals surface area contributed by atoms with Crippen molar-refractivity contribution in [2.24, 2.45) is 0 Å². The summed E-state index contributed by atoms with van der Waals surface area (Å²) >= 11 is 0. The number of benzene rings is 1. The number of imidazole rings is 1. The second kappa shape index (κ2) is 3.96. The van der Waals surface area contributed by atoms with Crippen LogP contribution in [0.15, 0.2) is 30.7 Å². The molecule has 0 bridgehead atoms. The number of aromatic amines is 1. The summed E-state index contributed by atoms with van der Waals surface area (Å²) in [5.41, 5.74) is 7.79. The maximum Gasteiger partial charge on any atom is 0.280 e. The summed E-state index contributed by atoms with van der Waals surface area (Å²) in [7, 11) is 0. The molecule has 3 rings (SSSR count). The number of nitriles is 1. The molecule has 0 fully saturated rings. The Morgan fingerprint density at radius 2 is 2.32 bits per heavy atom. The molecule has 0 atom stereocenters. The highest BCUT2D eigenvalue weighted by Crippen LogP contribution is 2.15. The lowest BCUT2D eigenvalue weighted by Crippen LogP contribution is -2.16. The molecule has 1 aromatic carbocycles. The average molecular weight is 252 g/mol. The third-order valence-corrected chi connectivity index (χ3v) is 2.79. The minimum Gasteiger partial charge on any atom is -0.382 e. The first kappa shape index (κ1) is 11.0. The fraction of sp³-hybridized carbons (Fsp3) is 0. The van der Waals surface area contributed by atoms with Crippen LogP contribution < -0.4 is 5.73 Å². The molecule has 0 saturated carbocycles. The van der Waals surface area contributed by atoms with Crippen molar-refractivity contribution in [2.45, 2.75) is 0 Å². The van der Waals surface area contributed by atoms with Gasteiger partial charge in [-0.3, -0.25) is 4.79 Å². The fourth-order valence-corrected chi connectivity index (χ4v) is 1.80. The SMILES string of the molecule is N#Cc1cnn(C(=O)c2ccc3nc[nH]c3c2)c1N. The number of nitrogens with zero attached hydrogens (tertiary/aromatic N) is 4. The number of anilines is 1. The minimum absolute atomic E-state index is 0.0391. The van der Waals surface area contributed by atoms with E-state index in [0.717, 1.165) is 15.7 Å². The highest BCUT2D eigenvalue weighted by atomic mass is 16.2. The van der Waals surface area contributed by atoms with Crippen LogP contribution in [0.4, 0.5) is 5.82 Å². The normalized spacial score (nSPS) is 10.5. The summed E-state index contributed by atoms with van der Waals surface area (Å²) in [5, 5.41) is 12.6. The molecule has 3 N–H and O–H groups in total. The van der Waals surface area contributed by atoms with Gasteiger partial charge in [0, 0.05) is 5.56 Å². The molecule has 2 aromatic heterocycles. The number of H-pyrrole nitrogens is 1. The quantitative estimate of drug-likeness (QED) is 0.668. The number of rotatable bonds is 1. The van der Waals surface area contributed by atoms with Crippen LogP contribution in [0.2, 0.25) is 0 Å². The number of nitrogens with two attached hydrogens (primary N) is 1. The molecule has 7 nitrogen and oxygen atoms in total. The Balaban J connectivity index is 2.07. The van der Waals surface area contributed by atoms with Crippen molar-refractivity contribution in [3.8, 4) is 6.07 Å². The molecule has 0 amide bonds. The van der Waals surface area contributed by atoms with Crippen molar-refractivity contribution in [3.63, 3.8) is 0 Å². The predicted octanol–water partition coefficient (Wildman–Crippen LogP) is 0.902. The zero-order chi connectivity index (χ0) is 13.4. The summed E-state index contributed by atoms with van der Waals surface area (Å²) in [6.45, 7) is 0.